The number of hydrogen-bond donors (Lipinski definition) is 0. The molecule has 0 aromatic carbocycles. The molecule has 1 nitrogen and oxygen atoms in total. The van der Waals surface area contributed by atoms with Crippen molar-refractivity contribution in [3.8, 4) is 0 Å². The summed E-state index contributed by atoms with van der Waals surface area (Å²) in [4.78, 5) is 4.30. The van der Waals surface area contributed by atoms with E-state index in [0.717, 1.165) is 17.0 Å². The van der Waals surface area contributed by atoms with E-state index < -0.39 is 0 Å². The largest absolute Gasteiger partial charge is 0.258 e. The molecule has 0 bridgehead atoms. The fourth-order valence-corrected chi connectivity index (χ4v) is 0.564. The minimum Gasteiger partial charge on any atom is -0.258 e. The fourth-order valence-electron chi connectivity index (χ4n) is 0.564. The summed E-state index contributed by atoms with van der Waals surface area (Å²) >= 11 is 0. The second-order valence-electron chi connectivity index (χ2n) is 3.07. The molecule has 0 spiro atoms. The highest BCUT2D eigenvalue weighted by atomic mass is 14.8. The maximum atomic E-state index is 4.30. The van der Waals surface area contributed by atoms with Crippen molar-refractivity contribution in [1.82, 2.24) is 0 Å². The first-order valence-electron chi connectivity index (χ1n) is 4.04. The SMILES string of the molecule is C=CC(=C)C(C)=NC(=C)C(C)C. The van der Waals surface area contributed by atoms with Crippen molar-refractivity contribution in [3.05, 3.63) is 37.1 Å². The van der Waals surface area contributed by atoms with Gasteiger partial charge in [-0.1, -0.05) is 39.7 Å². The molecule has 12 heavy (non-hydrogen) atoms. The topological polar surface area (TPSA) is 12.4 Å². The molecule has 0 saturated heterocycles. The van der Waals surface area contributed by atoms with Gasteiger partial charge < -0.3 is 0 Å². The molecule has 0 aromatic heterocycles. The Morgan fingerprint density at radius 1 is 1.33 bits per heavy atom. The van der Waals surface area contributed by atoms with E-state index in [1.807, 2.05) is 6.92 Å². The van der Waals surface area contributed by atoms with Gasteiger partial charge in [-0.25, -0.2) is 0 Å². The second-order valence-corrected chi connectivity index (χ2v) is 3.07. The minimum atomic E-state index is 0.387. The highest BCUT2D eigenvalue weighted by molar-refractivity contribution is 6.00. The lowest BCUT2D eigenvalue weighted by Crippen LogP contribution is -1.97. The molecule has 0 fully saturated rings. The molecule has 0 heterocycles. The van der Waals surface area contributed by atoms with Gasteiger partial charge in [0.05, 0.1) is 0 Å². The third-order valence-electron chi connectivity index (χ3n) is 1.69. The Labute approximate surface area is 75.2 Å². The Bertz CT molecular complexity index is 231. The second kappa shape index (κ2) is 4.70. The van der Waals surface area contributed by atoms with Crippen LogP contribution in [0, 0.1) is 5.92 Å². The van der Waals surface area contributed by atoms with Crippen molar-refractivity contribution < 1.29 is 0 Å². The van der Waals surface area contributed by atoms with Gasteiger partial charge in [-0.05, 0) is 18.4 Å². The van der Waals surface area contributed by atoms with Crippen LogP contribution in [0.15, 0.2) is 42.1 Å². The van der Waals surface area contributed by atoms with Gasteiger partial charge in [-0.2, -0.15) is 0 Å². The van der Waals surface area contributed by atoms with Crippen LogP contribution in [0.1, 0.15) is 20.8 Å². The van der Waals surface area contributed by atoms with Crippen molar-refractivity contribution in [2.45, 2.75) is 20.8 Å². The maximum absolute atomic E-state index is 4.30. The normalized spacial score (nSPS) is 11.5. The molecule has 0 atom stereocenters. The smallest absolute Gasteiger partial charge is 0.0441 e. The van der Waals surface area contributed by atoms with Gasteiger partial charge in [-0.3, -0.25) is 4.99 Å². The van der Waals surface area contributed by atoms with Crippen LogP contribution in [0.4, 0.5) is 0 Å². The number of rotatable bonds is 4. The molecular formula is C11H17N. The summed E-state index contributed by atoms with van der Waals surface area (Å²) in [5.41, 5.74) is 2.64. The zero-order valence-electron chi connectivity index (χ0n) is 8.22. The molecule has 0 amide bonds. The van der Waals surface area contributed by atoms with Crippen molar-refractivity contribution in [2.24, 2.45) is 10.9 Å². The number of hydrogen-bond acceptors (Lipinski definition) is 1. The van der Waals surface area contributed by atoms with E-state index in [4.69, 9.17) is 0 Å². The number of allylic oxidation sites excluding steroid dienone is 3. The third kappa shape index (κ3) is 3.33. The van der Waals surface area contributed by atoms with Crippen LogP contribution >= 0.6 is 0 Å². The van der Waals surface area contributed by atoms with E-state index in [9.17, 15) is 0 Å². The average Bonchev–Trinajstić information content (AvgIpc) is 2.02. The Morgan fingerprint density at radius 2 is 1.83 bits per heavy atom. The molecule has 66 valence electrons. The van der Waals surface area contributed by atoms with Crippen LogP contribution < -0.4 is 0 Å². The predicted molar refractivity (Wildman–Crippen MR) is 56.4 cm³/mol. The summed E-state index contributed by atoms with van der Waals surface area (Å²) in [5, 5.41) is 0. The lowest BCUT2D eigenvalue weighted by atomic mass is 10.1. The van der Waals surface area contributed by atoms with Crippen molar-refractivity contribution >= 4 is 5.71 Å². The molecule has 0 aromatic rings. The molecular weight excluding hydrogens is 146 g/mol. The molecule has 0 saturated carbocycles. The van der Waals surface area contributed by atoms with E-state index in [1.54, 1.807) is 6.08 Å². The standard InChI is InChI=1S/C11H17N/c1-7-9(4)11(6)12-10(5)8(2)3/h7-8H,1,4-5H2,2-3,6H3. The summed E-state index contributed by atoms with van der Waals surface area (Å²) in [6.45, 7) is 17.3. The van der Waals surface area contributed by atoms with E-state index in [0.29, 0.717) is 5.92 Å². The quantitative estimate of drug-likeness (QED) is 0.445. The summed E-state index contributed by atoms with van der Waals surface area (Å²) in [6, 6.07) is 0. The minimum absolute atomic E-state index is 0.387. The van der Waals surface area contributed by atoms with Crippen molar-refractivity contribution in [2.75, 3.05) is 0 Å². The summed E-state index contributed by atoms with van der Waals surface area (Å²) in [6.07, 6.45) is 1.70. The monoisotopic (exact) mass is 163 g/mol. The molecule has 0 aliphatic carbocycles. The van der Waals surface area contributed by atoms with Gasteiger partial charge in [0.25, 0.3) is 0 Å². The van der Waals surface area contributed by atoms with E-state index in [2.05, 4.69) is 38.6 Å². The lowest BCUT2D eigenvalue weighted by Gasteiger charge is -2.05. The summed E-state index contributed by atoms with van der Waals surface area (Å²) in [7, 11) is 0. The van der Waals surface area contributed by atoms with Crippen molar-refractivity contribution in [3.63, 3.8) is 0 Å². The van der Waals surface area contributed by atoms with Crippen LogP contribution in [0.3, 0.4) is 0 Å². The van der Waals surface area contributed by atoms with Gasteiger partial charge in [0.1, 0.15) is 0 Å². The van der Waals surface area contributed by atoms with Gasteiger partial charge in [0.2, 0.25) is 0 Å². The van der Waals surface area contributed by atoms with Crippen LogP contribution in [0.2, 0.25) is 0 Å². The first-order chi connectivity index (χ1) is 5.49. The molecule has 0 aliphatic heterocycles. The first-order valence-corrected chi connectivity index (χ1v) is 4.04. The lowest BCUT2D eigenvalue weighted by molar-refractivity contribution is 0.762. The summed E-state index contributed by atoms with van der Waals surface area (Å²) in [5.74, 6) is 0.387. The van der Waals surface area contributed by atoms with Gasteiger partial charge in [0, 0.05) is 11.4 Å². The Balaban J connectivity index is 4.46. The maximum Gasteiger partial charge on any atom is 0.0441 e. The number of nitrogens with zero attached hydrogens (tertiary/aromatic N) is 1. The van der Waals surface area contributed by atoms with E-state index in [1.165, 1.54) is 0 Å². The predicted octanol–water partition coefficient (Wildman–Crippen LogP) is 3.36. The first kappa shape index (κ1) is 10.9. The highest BCUT2D eigenvalue weighted by Gasteiger charge is 1.99. The molecule has 0 N–H and O–H groups in total. The van der Waals surface area contributed by atoms with E-state index in [-0.39, 0.29) is 0 Å². The summed E-state index contributed by atoms with van der Waals surface area (Å²) < 4.78 is 0. The Morgan fingerprint density at radius 3 is 2.17 bits per heavy atom. The van der Waals surface area contributed by atoms with Gasteiger partial charge >= 0.3 is 0 Å². The van der Waals surface area contributed by atoms with Gasteiger partial charge in [-0.15, -0.1) is 0 Å². The van der Waals surface area contributed by atoms with Crippen LogP contribution in [0.5, 0.6) is 0 Å². The highest BCUT2D eigenvalue weighted by Crippen LogP contribution is 2.10. The zero-order chi connectivity index (χ0) is 9.72. The molecule has 0 radical (unpaired) electrons. The molecule has 1 heteroatoms. The molecule has 0 unspecified atom stereocenters. The van der Waals surface area contributed by atoms with Crippen LogP contribution in [0.25, 0.3) is 0 Å². The van der Waals surface area contributed by atoms with Crippen molar-refractivity contribution in [1.29, 1.82) is 0 Å². The fraction of sp³-hybridized carbons (Fsp3) is 0.364. The molecule has 0 rings (SSSR count). The zero-order valence-corrected chi connectivity index (χ0v) is 8.22. The van der Waals surface area contributed by atoms with Crippen LogP contribution in [-0.2, 0) is 0 Å². The third-order valence-corrected chi connectivity index (χ3v) is 1.69. The van der Waals surface area contributed by atoms with Gasteiger partial charge in [0.15, 0.2) is 0 Å². The average molecular weight is 163 g/mol. The Kier molecular flexibility index (Phi) is 4.27. The molecule has 0 aliphatic rings. The number of aliphatic imine (C=N–C) groups is 1. The van der Waals surface area contributed by atoms with Crippen LogP contribution in [-0.4, -0.2) is 5.71 Å². The van der Waals surface area contributed by atoms with E-state index >= 15 is 0 Å². The Hall–Kier alpha value is -1.11.